The van der Waals surface area contributed by atoms with Crippen LogP contribution < -0.4 is 0 Å². The molecule has 209 valence electrons. The largest absolute Gasteiger partial charge is 0.457 e. The van der Waals surface area contributed by atoms with E-state index in [0.29, 0.717) is 31.8 Å². The molecule has 0 aromatic carbocycles. The van der Waals surface area contributed by atoms with Gasteiger partial charge in [-0.05, 0) is 61.3 Å². The minimum atomic E-state index is -0.902. The number of carbonyl (C=O) groups is 3. The van der Waals surface area contributed by atoms with E-state index in [1.807, 2.05) is 6.92 Å². The Morgan fingerprint density at radius 3 is 2.42 bits per heavy atom. The van der Waals surface area contributed by atoms with Crippen LogP contribution in [-0.2, 0) is 23.5 Å². The minimum absolute atomic E-state index is 0.0372. The highest BCUT2D eigenvalue weighted by Crippen LogP contribution is 2.51. The number of esters is 1. The molecule has 1 unspecified atom stereocenters. The molecule has 9 heteroatoms. The van der Waals surface area contributed by atoms with Gasteiger partial charge < -0.3 is 23.7 Å². The standard InChI is InChI=1S/C29H43N2O6Si/c1-9-13-35-27(33)25-21(19(3)15-20-11-12-30(17-20)28(34)36-14-10-2)16-23-24(26(32)31(23)25)22(29(4,5)6)18-37-38(7)8/h9-10,15,20,22-24H,1-2,11-14,16-18H2,3-8H3/t20?,22-,23-,24+/m1/s1. The molecule has 0 aromatic heterocycles. The van der Waals surface area contributed by atoms with Crippen LogP contribution in [0.5, 0.6) is 0 Å². The maximum atomic E-state index is 13.6. The van der Waals surface area contributed by atoms with Gasteiger partial charge in [0.15, 0.2) is 0 Å². The monoisotopic (exact) mass is 543 g/mol. The molecule has 0 aromatic rings. The lowest BCUT2D eigenvalue weighted by Gasteiger charge is -2.50. The molecule has 2 saturated heterocycles. The number of likely N-dealkylation sites (tertiary alicyclic amines) is 1. The minimum Gasteiger partial charge on any atom is -0.457 e. The first-order valence-electron chi connectivity index (χ1n) is 13.4. The van der Waals surface area contributed by atoms with Gasteiger partial charge in [-0.15, -0.1) is 0 Å². The Labute approximate surface area is 229 Å². The van der Waals surface area contributed by atoms with Crippen molar-refractivity contribution < 1.29 is 28.3 Å². The SMILES string of the molecule is C=CCOC(=O)C1=C(C(C)=CC2CCN(C(=O)OCC=C)C2)C[C@@H]2[C@H]([C@@H](CO[Si](C)C)C(C)(C)C)C(=O)N12. The van der Waals surface area contributed by atoms with Crippen molar-refractivity contribution in [1.82, 2.24) is 9.80 Å². The average Bonchev–Trinajstić information content (AvgIpc) is 3.45. The van der Waals surface area contributed by atoms with Crippen LogP contribution >= 0.6 is 0 Å². The van der Waals surface area contributed by atoms with Crippen LogP contribution in [0.2, 0.25) is 13.1 Å². The molecule has 0 aliphatic carbocycles. The van der Waals surface area contributed by atoms with E-state index in [2.05, 4.69) is 53.1 Å². The molecule has 3 aliphatic rings. The molecule has 0 N–H and O–H groups in total. The van der Waals surface area contributed by atoms with Crippen molar-refractivity contribution in [3.8, 4) is 0 Å². The summed E-state index contributed by atoms with van der Waals surface area (Å²) in [5.41, 5.74) is 2.00. The molecule has 8 nitrogen and oxygen atoms in total. The molecule has 3 rings (SSSR count). The summed E-state index contributed by atoms with van der Waals surface area (Å²) in [4.78, 5) is 42.4. The fraction of sp³-hybridized carbons (Fsp3) is 0.621. The van der Waals surface area contributed by atoms with E-state index in [1.54, 1.807) is 15.9 Å². The van der Waals surface area contributed by atoms with Crippen molar-refractivity contribution in [3.05, 3.63) is 48.2 Å². The van der Waals surface area contributed by atoms with Gasteiger partial charge in [0.05, 0.1) is 12.0 Å². The second kappa shape index (κ2) is 12.5. The van der Waals surface area contributed by atoms with Crippen LogP contribution in [0.4, 0.5) is 4.79 Å². The molecule has 1 radical (unpaired) electrons. The van der Waals surface area contributed by atoms with Crippen molar-refractivity contribution in [2.24, 2.45) is 23.2 Å². The number of amides is 2. The third kappa shape index (κ3) is 6.49. The van der Waals surface area contributed by atoms with Gasteiger partial charge in [0.2, 0.25) is 14.9 Å². The number of nitrogens with zero attached hydrogens (tertiary/aromatic N) is 2. The number of carbonyl (C=O) groups excluding carboxylic acids is 3. The number of hydrogen-bond donors (Lipinski definition) is 0. The van der Waals surface area contributed by atoms with Gasteiger partial charge in [-0.25, -0.2) is 9.59 Å². The van der Waals surface area contributed by atoms with E-state index in [4.69, 9.17) is 13.9 Å². The highest BCUT2D eigenvalue weighted by molar-refractivity contribution is 6.48. The first kappa shape index (κ1) is 29.9. The Morgan fingerprint density at radius 1 is 1.16 bits per heavy atom. The summed E-state index contributed by atoms with van der Waals surface area (Å²) in [6.07, 6.45) is 6.25. The Hall–Kier alpha value is -2.65. The maximum Gasteiger partial charge on any atom is 0.410 e. The summed E-state index contributed by atoms with van der Waals surface area (Å²) in [7, 11) is -0.902. The predicted octanol–water partition coefficient (Wildman–Crippen LogP) is 4.72. The Balaban J connectivity index is 1.85. The zero-order valence-electron chi connectivity index (χ0n) is 23.7. The van der Waals surface area contributed by atoms with Crippen molar-refractivity contribution in [2.45, 2.75) is 59.7 Å². The summed E-state index contributed by atoms with van der Waals surface area (Å²) < 4.78 is 16.7. The fourth-order valence-corrected chi connectivity index (χ4v) is 6.15. The van der Waals surface area contributed by atoms with Crippen LogP contribution in [0.25, 0.3) is 0 Å². The number of hydrogen-bond acceptors (Lipinski definition) is 6. The number of ether oxygens (including phenoxy) is 2. The van der Waals surface area contributed by atoms with Gasteiger partial charge in [-0.1, -0.05) is 52.2 Å². The molecule has 0 saturated carbocycles. The van der Waals surface area contributed by atoms with E-state index >= 15 is 0 Å². The summed E-state index contributed by atoms with van der Waals surface area (Å²) in [6.45, 7) is 21.8. The summed E-state index contributed by atoms with van der Waals surface area (Å²) in [6, 6.07) is -0.0988. The number of β-lactam (4-membered cyclic amide) rings is 1. The first-order valence-corrected chi connectivity index (χ1v) is 15.8. The lowest BCUT2D eigenvalue weighted by atomic mass is 9.66. The van der Waals surface area contributed by atoms with Crippen molar-refractivity contribution >= 4 is 27.0 Å². The molecular formula is C29H43N2O6Si. The number of rotatable bonds is 11. The van der Waals surface area contributed by atoms with E-state index < -0.39 is 15.0 Å². The predicted molar refractivity (Wildman–Crippen MR) is 148 cm³/mol. The molecule has 2 fully saturated rings. The van der Waals surface area contributed by atoms with Gasteiger partial charge >= 0.3 is 12.1 Å². The first-order chi connectivity index (χ1) is 17.9. The quantitative estimate of drug-likeness (QED) is 0.162. The van der Waals surface area contributed by atoms with Crippen LogP contribution in [-0.4, -0.2) is 75.8 Å². The second-order valence-corrected chi connectivity index (χ2v) is 13.7. The molecule has 3 heterocycles. The molecule has 2 amide bonds. The van der Waals surface area contributed by atoms with Crippen molar-refractivity contribution in [1.29, 1.82) is 0 Å². The van der Waals surface area contributed by atoms with Gasteiger partial charge in [0.25, 0.3) is 0 Å². The second-order valence-electron chi connectivity index (χ2n) is 11.6. The topological polar surface area (TPSA) is 85.4 Å². The molecule has 3 aliphatic heterocycles. The molecule has 4 atom stereocenters. The maximum absolute atomic E-state index is 13.6. The Bertz CT molecular complexity index is 1010. The summed E-state index contributed by atoms with van der Waals surface area (Å²) in [5, 5.41) is 0. The van der Waals surface area contributed by atoms with E-state index in [0.717, 1.165) is 17.6 Å². The normalized spacial score (nSPS) is 24.3. The van der Waals surface area contributed by atoms with E-state index in [1.165, 1.54) is 6.08 Å². The molecular weight excluding hydrogens is 500 g/mol. The van der Waals surface area contributed by atoms with E-state index in [9.17, 15) is 14.4 Å². The fourth-order valence-electron chi connectivity index (χ4n) is 5.64. The Kier molecular flexibility index (Phi) is 9.81. The third-order valence-electron chi connectivity index (χ3n) is 7.60. The zero-order valence-corrected chi connectivity index (χ0v) is 24.7. The van der Waals surface area contributed by atoms with Gasteiger partial charge in [0.1, 0.15) is 18.9 Å². The molecule has 0 spiro atoms. The van der Waals surface area contributed by atoms with Crippen molar-refractivity contribution in [3.63, 3.8) is 0 Å². The lowest BCUT2D eigenvalue weighted by molar-refractivity contribution is -0.163. The van der Waals surface area contributed by atoms with Crippen LogP contribution in [0.3, 0.4) is 0 Å². The number of fused-ring (bicyclic) bond motifs is 1. The molecule has 38 heavy (non-hydrogen) atoms. The van der Waals surface area contributed by atoms with Crippen LogP contribution in [0, 0.1) is 23.2 Å². The highest BCUT2D eigenvalue weighted by Gasteiger charge is 2.59. The zero-order chi connectivity index (χ0) is 28.2. The van der Waals surface area contributed by atoms with Gasteiger partial charge in [0, 0.05) is 19.7 Å². The third-order valence-corrected chi connectivity index (χ3v) is 8.35. The van der Waals surface area contributed by atoms with Crippen molar-refractivity contribution in [2.75, 3.05) is 32.9 Å². The number of allylic oxidation sites excluding steroid dienone is 1. The Morgan fingerprint density at radius 2 is 1.82 bits per heavy atom. The highest BCUT2D eigenvalue weighted by atomic mass is 28.3. The van der Waals surface area contributed by atoms with Gasteiger partial charge in [-0.3, -0.25) is 4.79 Å². The van der Waals surface area contributed by atoms with Gasteiger partial charge in [-0.2, -0.15) is 0 Å². The molecule has 0 bridgehead atoms. The van der Waals surface area contributed by atoms with Crippen LogP contribution in [0.15, 0.2) is 48.2 Å². The average molecular weight is 544 g/mol. The summed E-state index contributed by atoms with van der Waals surface area (Å²) >= 11 is 0. The lowest BCUT2D eigenvalue weighted by Crippen LogP contribution is -2.63. The van der Waals surface area contributed by atoms with Crippen LogP contribution in [0.1, 0.15) is 40.5 Å². The van der Waals surface area contributed by atoms with E-state index in [-0.39, 0.29) is 54.4 Å². The smallest absolute Gasteiger partial charge is 0.410 e. The summed E-state index contributed by atoms with van der Waals surface area (Å²) in [5.74, 6) is -0.584.